The maximum Gasteiger partial charge on any atom is 0.0726 e. The zero-order chi connectivity index (χ0) is 49.5. The third-order valence-corrected chi connectivity index (χ3v) is 16.0. The van der Waals surface area contributed by atoms with Crippen LogP contribution in [0.2, 0.25) is 0 Å². The molecule has 15 rings (SSSR count). The third-order valence-electron chi connectivity index (χ3n) is 16.0. The summed E-state index contributed by atoms with van der Waals surface area (Å²) in [6.45, 7) is 0. The van der Waals surface area contributed by atoms with E-state index in [9.17, 15) is 0 Å². The Morgan fingerprint density at radius 1 is 0.280 bits per heavy atom. The summed E-state index contributed by atoms with van der Waals surface area (Å²) in [6, 6.07) is 108. The Kier molecular flexibility index (Phi) is 9.83. The Morgan fingerprint density at radius 3 is 1.43 bits per heavy atom. The molecule has 1 spiro atoms. The molecule has 75 heavy (non-hydrogen) atoms. The molecule has 350 valence electrons. The van der Waals surface area contributed by atoms with E-state index in [2.05, 4.69) is 301 Å². The number of anilines is 3. The van der Waals surface area contributed by atoms with E-state index in [1.54, 1.807) is 0 Å². The lowest BCUT2D eigenvalue weighted by molar-refractivity contribution is 0.793. The van der Waals surface area contributed by atoms with E-state index >= 15 is 0 Å². The van der Waals surface area contributed by atoms with Gasteiger partial charge in [-0.15, -0.1) is 0 Å². The van der Waals surface area contributed by atoms with Crippen molar-refractivity contribution in [3.8, 4) is 72.4 Å². The van der Waals surface area contributed by atoms with Gasteiger partial charge in [0, 0.05) is 33.4 Å². The van der Waals surface area contributed by atoms with E-state index in [1.807, 2.05) is 0 Å². The van der Waals surface area contributed by atoms with Crippen molar-refractivity contribution in [1.29, 1.82) is 0 Å². The minimum atomic E-state index is -0.514. The topological polar surface area (TPSA) is 8.17 Å². The molecule has 1 aromatic heterocycles. The first-order chi connectivity index (χ1) is 37.3. The van der Waals surface area contributed by atoms with Crippen molar-refractivity contribution in [2.75, 3.05) is 4.90 Å². The molecule has 13 aromatic rings. The fraction of sp³-hybridized carbons (Fsp3) is 0.0137. The number of para-hydroxylation sites is 2. The Morgan fingerprint density at radius 2 is 0.747 bits per heavy atom. The van der Waals surface area contributed by atoms with Crippen LogP contribution >= 0.6 is 0 Å². The quantitative estimate of drug-likeness (QED) is 0.147. The summed E-state index contributed by atoms with van der Waals surface area (Å²) in [4.78, 5) is 2.55. The first kappa shape index (κ1) is 42.9. The van der Waals surface area contributed by atoms with Crippen molar-refractivity contribution >= 4 is 38.9 Å². The van der Waals surface area contributed by atoms with Crippen molar-refractivity contribution in [2.24, 2.45) is 0 Å². The van der Waals surface area contributed by atoms with Crippen molar-refractivity contribution in [3.63, 3.8) is 0 Å². The second kappa shape index (κ2) is 17.2. The van der Waals surface area contributed by atoms with E-state index in [-0.39, 0.29) is 0 Å². The highest BCUT2D eigenvalue weighted by atomic mass is 15.1. The summed E-state index contributed by atoms with van der Waals surface area (Å²) in [7, 11) is 0. The summed E-state index contributed by atoms with van der Waals surface area (Å²) in [5.41, 5.74) is 26.0. The molecule has 0 atom stereocenters. The summed E-state index contributed by atoms with van der Waals surface area (Å²) in [6.07, 6.45) is 0. The zero-order valence-corrected chi connectivity index (χ0v) is 41.1. The molecule has 0 bridgehead atoms. The summed E-state index contributed by atoms with van der Waals surface area (Å²) < 4.78 is 2.41. The molecule has 2 aliphatic rings. The van der Waals surface area contributed by atoms with Crippen LogP contribution in [-0.2, 0) is 5.41 Å². The van der Waals surface area contributed by atoms with Gasteiger partial charge in [0.2, 0.25) is 0 Å². The van der Waals surface area contributed by atoms with Crippen LogP contribution in [0.3, 0.4) is 0 Å². The van der Waals surface area contributed by atoms with E-state index in [0.29, 0.717) is 0 Å². The predicted molar refractivity (Wildman–Crippen MR) is 314 cm³/mol. The van der Waals surface area contributed by atoms with Crippen LogP contribution < -0.4 is 4.90 Å². The first-order valence-corrected chi connectivity index (χ1v) is 26.0. The molecule has 0 radical (unpaired) electrons. The van der Waals surface area contributed by atoms with Gasteiger partial charge < -0.3 is 9.47 Å². The SMILES string of the molecule is c1ccc(-c2ccccc2-c2c(-c3ccccc3)cccc2N(c2cccc(-c3cccc4c3c3ccccc3n4-c3ccccc3)c2)c2ccc3c(c2)C2(c4ccccc4-c4ccccc42)c2ccccc2-3)cc1. The van der Waals surface area contributed by atoms with Crippen LogP contribution in [0, 0.1) is 0 Å². The lowest BCUT2D eigenvalue weighted by atomic mass is 9.70. The van der Waals surface area contributed by atoms with Crippen molar-refractivity contribution in [2.45, 2.75) is 5.41 Å². The second-order valence-electron chi connectivity index (χ2n) is 19.9. The Bertz CT molecular complexity index is 4290. The van der Waals surface area contributed by atoms with Crippen LogP contribution in [0.1, 0.15) is 22.3 Å². The van der Waals surface area contributed by atoms with E-state index in [1.165, 1.54) is 94.1 Å². The highest BCUT2D eigenvalue weighted by Gasteiger charge is 2.51. The Hall–Kier alpha value is -9.76. The number of fused-ring (bicyclic) bond motifs is 13. The van der Waals surface area contributed by atoms with Crippen molar-refractivity contribution < 1.29 is 0 Å². The van der Waals surface area contributed by atoms with Gasteiger partial charge in [-0.2, -0.15) is 0 Å². The third kappa shape index (κ3) is 6.46. The van der Waals surface area contributed by atoms with E-state index in [4.69, 9.17) is 0 Å². The highest BCUT2D eigenvalue weighted by molar-refractivity contribution is 6.16. The van der Waals surface area contributed by atoms with Gasteiger partial charge in [0.05, 0.1) is 22.1 Å². The Labute approximate surface area is 437 Å². The first-order valence-electron chi connectivity index (χ1n) is 26.0. The maximum atomic E-state index is 2.55. The molecule has 0 aliphatic heterocycles. The number of benzene rings is 12. The normalized spacial score (nSPS) is 12.6. The van der Waals surface area contributed by atoms with Gasteiger partial charge in [-0.3, -0.25) is 0 Å². The van der Waals surface area contributed by atoms with Crippen LogP contribution in [0.25, 0.3) is 94.3 Å². The highest BCUT2D eigenvalue weighted by Crippen LogP contribution is 2.63. The van der Waals surface area contributed by atoms with Crippen LogP contribution in [-0.4, -0.2) is 4.57 Å². The second-order valence-corrected chi connectivity index (χ2v) is 19.9. The molecule has 0 fully saturated rings. The van der Waals surface area contributed by atoms with Crippen molar-refractivity contribution in [1.82, 2.24) is 4.57 Å². The van der Waals surface area contributed by atoms with E-state index < -0.39 is 5.41 Å². The average Bonchev–Trinajstić information content (AvgIpc) is 4.18. The summed E-state index contributed by atoms with van der Waals surface area (Å²) in [5, 5.41) is 2.46. The Balaban J connectivity index is 1.03. The van der Waals surface area contributed by atoms with Gasteiger partial charge in [0.15, 0.2) is 0 Å². The number of hydrogen-bond donors (Lipinski definition) is 0. The van der Waals surface area contributed by atoms with Crippen molar-refractivity contribution in [3.05, 3.63) is 313 Å². The molecular formula is C73H48N2. The van der Waals surface area contributed by atoms with Gasteiger partial charge in [-0.1, -0.05) is 237 Å². The molecule has 12 aromatic carbocycles. The molecule has 0 N–H and O–H groups in total. The van der Waals surface area contributed by atoms with E-state index in [0.717, 1.165) is 39.4 Å². The number of aromatic nitrogens is 1. The fourth-order valence-corrected chi connectivity index (χ4v) is 13.0. The van der Waals surface area contributed by atoms with Crippen LogP contribution in [0.5, 0.6) is 0 Å². The number of rotatable bonds is 8. The molecule has 0 unspecified atom stereocenters. The lowest BCUT2D eigenvalue weighted by Gasteiger charge is -2.33. The molecular weight excluding hydrogens is 905 g/mol. The van der Waals surface area contributed by atoms with Gasteiger partial charge in [-0.05, 0) is 138 Å². The molecule has 2 heteroatoms. The fourth-order valence-electron chi connectivity index (χ4n) is 13.0. The molecule has 0 amide bonds. The largest absolute Gasteiger partial charge is 0.310 e. The average molecular weight is 953 g/mol. The minimum Gasteiger partial charge on any atom is -0.310 e. The smallest absolute Gasteiger partial charge is 0.0726 e. The van der Waals surface area contributed by atoms with Gasteiger partial charge in [0.25, 0.3) is 0 Å². The molecule has 2 aliphatic carbocycles. The lowest BCUT2D eigenvalue weighted by Crippen LogP contribution is -2.26. The molecule has 0 saturated heterocycles. The summed E-state index contributed by atoms with van der Waals surface area (Å²) in [5.74, 6) is 0. The minimum absolute atomic E-state index is 0.514. The summed E-state index contributed by atoms with van der Waals surface area (Å²) >= 11 is 0. The number of hydrogen-bond acceptors (Lipinski definition) is 1. The maximum absolute atomic E-state index is 2.55. The zero-order valence-electron chi connectivity index (χ0n) is 41.1. The monoisotopic (exact) mass is 952 g/mol. The standard InChI is InChI=1S/C73H48N2/c1-4-23-49(24-5-1)55-31-10-11-35-62(55)71-56(50-25-6-2-7-26-50)37-21-43-69(71)74(53-30-20-27-51(47-53)57-38-22-44-70-72(57)63-36-15-19-42-68(63)75(70)52-28-8-3-9-29-52)54-45-46-61-60-34-14-18-41-66(60)73(67(61)48-54)64-39-16-12-32-58(64)59-33-13-17-40-65(59)73/h1-48H. The molecule has 1 heterocycles. The van der Waals surface area contributed by atoms with Gasteiger partial charge in [-0.25, -0.2) is 0 Å². The van der Waals surface area contributed by atoms with Gasteiger partial charge >= 0.3 is 0 Å². The molecule has 0 saturated carbocycles. The van der Waals surface area contributed by atoms with Crippen LogP contribution in [0.15, 0.2) is 291 Å². The number of nitrogens with zero attached hydrogens (tertiary/aromatic N) is 2. The molecule has 2 nitrogen and oxygen atoms in total. The predicted octanol–water partition coefficient (Wildman–Crippen LogP) is 19.3. The van der Waals surface area contributed by atoms with Crippen LogP contribution in [0.4, 0.5) is 17.1 Å². The van der Waals surface area contributed by atoms with Gasteiger partial charge in [0.1, 0.15) is 0 Å².